The highest BCUT2D eigenvalue weighted by atomic mass is 35.5. The summed E-state index contributed by atoms with van der Waals surface area (Å²) in [5, 5.41) is 5.97. The van der Waals surface area contributed by atoms with Gasteiger partial charge in [-0.05, 0) is 17.7 Å². The van der Waals surface area contributed by atoms with E-state index < -0.39 is 0 Å². The molecule has 1 unspecified atom stereocenters. The summed E-state index contributed by atoms with van der Waals surface area (Å²) < 4.78 is 23.5. The molecule has 1 aliphatic rings. The maximum atomic E-state index is 13.2. The summed E-state index contributed by atoms with van der Waals surface area (Å²) in [6.45, 7) is 4.87. The first-order valence-corrected chi connectivity index (χ1v) is 8.24. The van der Waals surface area contributed by atoms with Crippen molar-refractivity contribution < 1.29 is 18.7 Å². The van der Waals surface area contributed by atoms with E-state index in [0.29, 0.717) is 32.9 Å². The first-order valence-electron chi connectivity index (χ1n) is 8.24. The van der Waals surface area contributed by atoms with E-state index in [1.165, 1.54) is 12.1 Å². The Morgan fingerprint density at radius 3 is 2.54 bits per heavy atom. The van der Waals surface area contributed by atoms with Crippen LogP contribution in [-0.4, -0.2) is 70.5 Å². The number of carbonyl (C=O) groups excluding carboxylic acids is 1. The summed E-state index contributed by atoms with van der Waals surface area (Å²) in [7, 11) is 1.62. The van der Waals surface area contributed by atoms with Crippen molar-refractivity contribution in [2.45, 2.75) is 6.04 Å². The summed E-state index contributed by atoms with van der Waals surface area (Å²) >= 11 is 0. The number of nitrogens with zero attached hydrogens (tertiary/aromatic N) is 1. The molecule has 1 aliphatic heterocycles. The molecule has 0 radical (unpaired) electrons. The number of methoxy groups -OCH3 is 1. The van der Waals surface area contributed by atoms with Gasteiger partial charge < -0.3 is 20.1 Å². The van der Waals surface area contributed by atoms with E-state index in [9.17, 15) is 9.18 Å². The van der Waals surface area contributed by atoms with Crippen LogP contribution < -0.4 is 10.6 Å². The number of morpholine rings is 1. The van der Waals surface area contributed by atoms with Gasteiger partial charge in [0.2, 0.25) is 5.91 Å². The molecule has 0 saturated carbocycles. The van der Waals surface area contributed by atoms with Crippen molar-refractivity contribution in [2.75, 3.05) is 59.7 Å². The van der Waals surface area contributed by atoms with Crippen LogP contribution in [0.25, 0.3) is 0 Å². The van der Waals surface area contributed by atoms with Crippen LogP contribution in [0.2, 0.25) is 0 Å². The van der Waals surface area contributed by atoms with Gasteiger partial charge >= 0.3 is 0 Å². The number of carbonyl (C=O) groups is 1. The minimum atomic E-state index is -0.258. The Labute approximate surface area is 166 Å². The van der Waals surface area contributed by atoms with Crippen molar-refractivity contribution in [1.82, 2.24) is 15.5 Å². The quantitative estimate of drug-likeness (QED) is 0.601. The van der Waals surface area contributed by atoms with Crippen LogP contribution in [0.3, 0.4) is 0 Å². The predicted octanol–water partition coefficient (Wildman–Crippen LogP) is 1.39. The average molecular weight is 412 g/mol. The topological polar surface area (TPSA) is 62.8 Å². The van der Waals surface area contributed by atoms with Crippen molar-refractivity contribution in [3.8, 4) is 0 Å². The van der Waals surface area contributed by atoms with Crippen molar-refractivity contribution in [3.63, 3.8) is 0 Å². The van der Waals surface area contributed by atoms with Crippen LogP contribution in [0.4, 0.5) is 4.39 Å². The lowest BCUT2D eigenvalue weighted by atomic mass is 10.0. The molecule has 1 aromatic carbocycles. The Hall–Kier alpha value is -0.960. The van der Waals surface area contributed by atoms with Crippen molar-refractivity contribution in [3.05, 3.63) is 35.6 Å². The zero-order valence-corrected chi connectivity index (χ0v) is 16.5. The molecule has 6 nitrogen and oxygen atoms in total. The van der Waals surface area contributed by atoms with Crippen molar-refractivity contribution >= 4 is 30.7 Å². The monoisotopic (exact) mass is 411 g/mol. The third-order valence-electron chi connectivity index (χ3n) is 4.00. The van der Waals surface area contributed by atoms with Gasteiger partial charge in [-0.25, -0.2) is 4.39 Å². The third kappa shape index (κ3) is 8.62. The fourth-order valence-electron chi connectivity index (χ4n) is 2.68. The van der Waals surface area contributed by atoms with Gasteiger partial charge in [-0.15, -0.1) is 24.8 Å². The summed E-state index contributed by atoms with van der Waals surface area (Å²) in [5.74, 6) is -0.322. The smallest absolute Gasteiger partial charge is 0.234 e. The fraction of sp³-hybridized carbons (Fsp3) is 0.588. The SMILES string of the molecule is COCCNCC(=O)NCC(c1ccc(F)cc1)N1CCOCC1.Cl.Cl. The normalized spacial score (nSPS) is 15.5. The Kier molecular flexibility index (Phi) is 13.6. The molecule has 26 heavy (non-hydrogen) atoms. The lowest BCUT2D eigenvalue weighted by molar-refractivity contribution is -0.120. The van der Waals surface area contributed by atoms with Crippen molar-refractivity contribution in [2.24, 2.45) is 0 Å². The maximum Gasteiger partial charge on any atom is 0.234 e. The van der Waals surface area contributed by atoms with E-state index in [0.717, 1.165) is 18.7 Å². The van der Waals surface area contributed by atoms with Crippen LogP contribution in [-0.2, 0) is 14.3 Å². The lowest BCUT2D eigenvalue weighted by Crippen LogP contribution is -2.45. The minimum absolute atomic E-state index is 0. The number of benzene rings is 1. The first-order chi connectivity index (χ1) is 11.7. The van der Waals surface area contributed by atoms with Gasteiger partial charge in [0, 0.05) is 33.3 Å². The number of hydrogen-bond donors (Lipinski definition) is 2. The number of nitrogens with one attached hydrogen (secondary N) is 2. The highest BCUT2D eigenvalue weighted by Gasteiger charge is 2.23. The molecule has 2 N–H and O–H groups in total. The molecule has 2 rings (SSSR count). The average Bonchev–Trinajstić information content (AvgIpc) is 2.61. The molecule has 1 fully saturated rings. The second kappa shape index (κ2) is 14.1. The zero-order chi connectivity index (χ0) is 17.2. The van der Waals surface area contributed by atoms with Crippen molar-refractivity contribution in [1.29, 1.82) is 0 Å². The Bertz CT molecular complexity index is 503. The van der Waals surface area contributed by atoms with Crippen LogP contribution in [0.5, 0.6) is 0 Å². The van der Waals surface area contributed by atoms with E-state index in [1.807, 2.05) is 0 Å². The first kappa shape index (κ1) is 25.0. The van der Waals surface area contributed by atoms with Gasteiger partial charge in [-0.2, -0.15) is 0 Å². The molecule has 9 heteroatoms. The summed E-state index contributed by atoms with van der Waals surface area (Å²) in [5.41, 5.74) is 0.992. The molecule has 1 saturated heterocycles. The van der Waals surface area contributed by atoms with Crippen LogP contribution in [0, 0.1) is 5.82 Å². The molecule has 1 atom stereocenters. The van der Waals surface area contributed by atoms with E-state index in [1.54, 1.807) is 19.2 Å². The van der Waals surface area contributed by atoms with Gasteiger partial charge in [-0.3, -0.25) is 9.69 Å². The second-order valence-electron chi connectivity index (χ2n) is 5.69. The number of halogens is 3. The minimum Gasteiger partial charge on any atom is -0.383 e. The molecule has 1 aromatic rings. The largest absolute Gasteiger partial charge is 0.383 e. The fourth-order valence-corrected chi connectivity index (χ4v) is 2.68. The number of hydrogen-bond acceptors (Lipinski definition) is 5. The zero-order valence-electron chi connectivity index (χ0n) is 14.9. The van der Waals surface area contributed by atoms with Gasteiger partial charge in [0.05, 0.1) is 32.4 Å². The number of rotatable bonds is 9. The van der Waals surface area contributed by atoms with Gasteiger partial charge in [-0.1, -0.05) is 12.1 Å². The third-order valence-corrected chi connectivity index (χ3v) is 4.00. The lowest BCUT2D eigenvalue weighted by Gasteiger charge is -2.35. The molecule has 0 aliphatic carbocycles. The number of ether oxygens (including phenoxy) is 2. The van der Waals surface area contributed by atoms with E-state index >= 15 is 0 Å². The number of amides is 1. The van der Waals surface area contributed by atoms with E-state index in [4.69, 9.17) is 9.47 Å². The van der Waals surface area contributed by atoms with E-state index in [-0.39, 0.29) is 49.1 Å². The summed E-state index contributed by atoms with van der Waals surface area (Å²) in [4.78, 5) is 14.2. The standard InChI is InChI=1S/C17H26FN3O3.2ClH/c1-23-9-6-19-13-17(22)20-12-16(21-7-10-24-11-8-21)14-2-4-15(18)5-3-14;;/h2-5,16,19H,6-13H2,1H3,(H,20,22);2*1H. The summed E-state index contributed by atoms with van der Waals surface area (Å²) in [6.07, 6.45) is 0. The second-order valence-corrected chi connectivity index (χ2v) is 5.69. The highest BCUT2D eigenvalue weighted by molar-refractivity contribution is 5.85. The molecule has 0 bridgehead atoms. The van der Waals surface area contributed by atoms with E-state index in [2.05, 4.69) is 15.5 Å². The van der Waals surface area contributed by atoms with Gasteiger partial charge in [0.1, 0.15) is 5.82 Å². The Morgan fingerprint density at radius 2 is 1.92 bits per heavy atom. The van der Waals surface area contributed by atoms with Gasteiger partial charge in [0.15, 0.2) is 0 Å². The van der Waals surface area contributed by atoms with Crippen LogP contribution in [0.15, 0.2) is 24.3 Å². The summed E-state index contributed by atoms with van der Waals surface area (Å²) in [6, 6.07) is 6.47. The van der Waals surface area contributed by atoms with Crippen LogP contribution in [0.1, 0.15) is 11.6 Å². The Balaban J connectivity index is 0.00000312. The predicted molar refractivity (Wildman–Crippen MR) is 104 cm³/mol. The molecule has 0 spiro atoms. The maximum absolute atomic E-state index is 13.2. The Morgan fingerprint density at radius 1 is 1.27 bits per heavy atom. The molecule has 0 aromatic heterocycles. The molecule has 1 heterocycles. The van der Waals surface area contributed by atoms with Gasteiger partial charge in [0.25, 0.3) is 0 Å². The molecular formula is C17H28Cl2FN3O3. The van der Waals surface area contributed by atoms with Crippen LogP contribution >= 0.6 is 24.8 Å². The molecule has 150 valence electrons. The highest BCUT2D eigenvalue weighted by Crippen LogP contribution is 2.21. The molecular weight excluding hydrogens is 384 g/mol. The molecule has 1 amide bonds.